The first-order chi connectivity index (χ1) is 20.4. The molecule has 0 radical (unpaired) electrons. The van der Waals surface area contributed by atoms with Gasteiger partial charge in [-0.15, -0.1) is 0 Å². The van der Waals surface area contributed by atoms with Gasteiger partial charge in [0.05, 0.1) is 37.2 Å². The monoisotopic (exact) mass is 571 g/mol. The number of ether oxygens (including phenoxy) is 2. The van der Waals surface area contributed by atoms with Crippen molar-refractivity contribution < 1.29 is 29.0 Å². The molecule has 4 aliphatic rings. The van der Waals surface area contributed by atoms with Crippen LogP contribution in [0, 0.1) is 11.8 Å². The van der Waals surface area contributed by atoms with Crippen LogP contribution in [0.4, 0.5) is 5.69 Å². The van der Waals surface area contributed by atoms with Crippen molar-refractivity contribution in [2.45, 2.75) is 50.6 Å². The van der Waals surface area contributed by atoms with E-state index in [4.69, 9.17) is 9.47 Å². The number of rotatable bonds is 8. The first-order valence-electron chi connectivity index (χ1n) is 14.8. The average molecular weight is 572 g/mol. The fourth-order valence-corrected chi connectivity index (χ4v) is 7.00. The maximum absolute atomic E-state index is 14.4. The highest BCUT2D eigenvalue weighted by atomic mass is 16.5. The van der Waals surface area contributed by atoms with Gasteiger partial charge in [0.15, 0.2) is 0 Å². The van der Waals surface area contributed by atoms with Gasteiger partial charge in [0, 0.05) is 25.3 Å². The minimum absolute atomic E-state index is 0.228. The van der Waals surface area contributed by atoms with Gasteiger partial charge in [0.2, 0.25) is 17.7 Å². The van der Waals surface area contributed by atoms with Gasteiger partial charge in [0.25, 0.3) is 0 Å². The van der Waals surface area contributed by atoms with E-state index in [1.807, 2.05) is 92.7 Å². The third-order valence-corrected chi connectivity index (χ3v) is 8.93. The summed E-state index contributed by atoms with van der Waals surface area (Å²) in [4.78, 5) is 48.0. The molecule has 3 amide bonds. The summed E-state index contributed by atoms with van der Waals surface area (Å²) in [5.74, 6) is -1.84. The molecule has 1 spiro atoms. The molecular formula is C33H37N3O6. The maximum atomic E-state index is 14.4. The van der Waals surface area contributed by atoms with E-state index in [1.54, 1.807) is 9.80 Å². The Balaban J connectivity index is 1.39. The van der Waals surface area contributed by atoms with E-state index in [0.29, 0.717) is 44.1 Å². The number of benzene rings is 2. The molecule has 2 aromatic rings. The van der Waals surface area contributed by atoms with Crippen LogP contribution in [-0.4, -0.2) is 82.7 Å². The van der Waals surface area contributed by atoms with Gasteiger partial charge in [0.1, 0.15) is 17.4 Å². The van der Waals surface area contributed by atoms with Crippen molar-refractivity contribution in [2.75, 3.05) is 31.2 Å². The lowest BCUT2D eigenvalue weighted by Gasteiger charge is -2.38. The molecule has 4 aliphatic heterocycles. The Bertz CT molecular complexity index is 1390. The highest BCUT2D eigenvalue weighted by Gasteiger charge is 2.72. The Hall–Kier alpha value is -3.95. The summed E-state index contributed by atoms with van der Waals surface area (Å²) in [5, 5.41) is 10.3. The number of hydrogen-bond donors (Lipinski definition) is 1. The SMILES string of the molecule is CCOc1ccc(N2CC=C[C@H]3O[C@]45C=CCN(Cc6ccccc6)C(=O)C4N([C@@H](CC)CO)C(=O)[C@@H]5[C@H]3C2=O)cc1. The minimum atomic E-state index is -1.33. The van der Waals surface area contributed by atoms with E-state index < -0.39 is 35.6 Å². The lowest BCUT2D eigenvalue weighted by Crippen LogP contribution is -2.57. The van der Waals surface area contributed by atoms with Crippen molar-refractivity contribution in [3.63, 3.8) is 0 Å². The first-order valence-corrected chi connectivity index (χ1v) is 14.8. The van der Waals surface area contributed by atoms with Gasteiger partial charge in [-0.3, -0.25) is 14.4 Å². The molecule has 2 aromatic carbocycles. The van der Waals surface area contributed by atoms with Gasteiger partial charge in [-0.1, -0.05) is 61.6 Å². The van der Waals surface area contributed by atoms with E-state index in [9.17, 15) is 19.5 Å². The molecule has 9 heteroatoms. The summed E-state index contributed by atoms with van der Waals surface area (Å²) in [6.07, 6.45) is 7.25. The fraction of sp³-hybridized carbons (Fsp3) is 0.424. The second-order valence-corrected chi connectivity index (χ2v) is 11.2. The van der Waals surface area contributed by atoms with Crippen molar-refractivity contribution >= 4 is 23.4 Å². The van der Waals surface area contributed by atoms with Gasteiger partial charge >= 0.3 is 0 Å². The summed E-state index contributed by atoms with van der Waals surface area (Å²) in [6, 6.07) is 15.4. The number of anilines is 1. The van der Waals surface area contributed by atoms with E-state index in [-0.39, 0.29) is 24.3 Å². The van der Waals surface area contributed by atoms with Crippen molar-refractivity contribution in [1.82, 2.24) is 9.80 Å². The predicted octanol–water partition coefficient (Wildman–Crippen LogP) is 2.94. The lowest BCUT2D eigenvalue weighted by atomic mass is 9.77. The smallest absolute Gasteiger partial charge is 0.249 e. The number of likely N-dealkylation sites (tertiary alicyclic amines) is 1. The fourth-order valence-electron chi connectivity index (χ4n) is 7.00. The normalized spacial score (nSPS) is 29.2. The summed E-state index contributed by atoms with van der Waals surface area (Å²) < 4.78 is 12.3. The molecule has 2 saturated heterocycles. The highest BCUT2D eigenvalue weighted by molar-refractivity contribution is 6.04. The van der Waals surface area contributed by atoms with Crippen molar-refractivity contribution in [2.24, 2.45) is 11.8 Å². The number of aliphatic hydroxyl groups is 1. The van der Waals surface area contributed by atoms with Crippen LogP contribution in [-0.2, 0) is 25.7 Å². The molecule has 1 unspecified atom stereocenters. The van der Waals surface area contributed by atoms with Crippen LogP contribution in [0.2, 0.25) is 0 Å². The Morgan fingerprint density at radius 3 is 2.43 bits per heavy atom. The zero-order valence-electron chi connectivity index (χ0n) is 24.0. The number of hydrogen-bond acceptors (Lipinski definition) is 6. The molecule has 6 atom stereocenters. The molecule has 220 valence electrons. The topological polar surface area (TPSA) is 99.6 Å². The van der Waals surface area contributed by atoms with Gasteiger partial charge in [-0.25, -0.2) is 0 Å². The highest BCUT2D eigenvalue weighted by Crippen LogP contribution is 2.54. The molecule has 0 aromatic heterocycles. The van der Waals surface area contributed by atoms with Gasteiger partial charge in [-0.2, -0.15) is 0 Å². The van der Waals surface area contributed by atoms with Crippen molar-refractivity contribution in [1.29, 1.82) is 0 Å². The zero-order valence-corrected chi connectivity index (χ0v) is 24.0. The third-order valence-electron chi connectivity index (χ3n) is 8.93. The summed E-state index contributed by atoms with van der Waals surface area (Å²) in [5.41, 5.74) is 0.328. The molecule has 9 nitrogen and oxygen atoms in total. The van der Waals surface area contributed by atoms with Crippen LogP contribution in [0.3, 0.4) is 0 Å². The van der Waals surface area contributed by atoms with E-state index in [0.717, 1.165) is 5.56 Å². The predicted molar refractivity (Wildman–Crippen MR) is 156 cm³/mol. The third kappa shape index (κ3) is 4.51. The molecular weight excluding hydrogens is 534 g/mol. The van der Waals surface area contributed by atoms with Crippen LogP contribution >= 0.6 is 0 Å². The Morgan fingerprint density at radius 1 is 0.976 bits per heavy atom. The first kappa shape index (κ1) is 28.2. The molecule has 0 aliphatic carbocycles. The lowest BCUT2D eigenvalue weighted by molar-refractivity contribution is -0.150. The number of carbonyl (C=O) groups excluding carboxylic acids is 3. The van der Waals surface area contributed by atoms with E-state index in [1.165, 1.54) is 4.90 Å². The van der Waals surface area contributed by atoms with Crippen LogP contribution in [0.1, 0.15) is 25.8 Å². The summed E-state index contributed by atoms with van der Waals surface area (Å²) >= 11 is 0. The number of fused-ring (bicyclic) bond motifs is 2. The molecule has 0 bridgehead atoms. The number of nitrogens with zero attached hydrogens (tertiary/aromatic N) is 3. The average Bonchev–Trinajstić information content (AvgIpc) is 3.32. The molecule has 6 rings (SSSR count). The molecule has 4 heterocycles. The summed E-state index contributed by atoms with van der Waals surface area (Å²) in [7, 11) is 0. The van der Waals surface area contributed by atoms with Gasteiger partial charge in [-0.05, 0) is 43.2 Å². The summed E-state index contributed by atoms with van der Waals surface area (Å²) in [6.45, 7) is 5.08. The number of aliphatic hydroxyl groups excluding tert-OH is 1. The van der Waals surface area contributed by atoms with Crippen LogP contribution < -0.4 is 9.64 Å². The van der Waals surface area contributed by atoms with Crippen LogP contribution in [0.25, 0.3) is 0 Å². The Kier molecular flexibility index (Phi) is 7.64. The maximum Gasteiger partial charge on any atom is 0.249 e. The second kappa shape index (κ2) is 11.4. The Morgan fingerprint density at radius 2 is 1.74 bits per heavy atom. The Labute approximate surface area is 246 Å². The molecule has 0 saturated carbocycles. The van der Waals surface area contributed by atoms with Crippen LogP contribution in [0.15, 0.2) is 78.9 Å². The van der Waals surface area contributed by atoms with Gasteiger partial charge < -0.3 is 29.3 Å². The zero-order chi connectivity index (χ0) is 29.4. The largest absolute Gasteiger partial charge is 0.494 e. The van der Waals surface area contributed by atoms with Crippen molar-refractivity contribution in [3.05, 3.63) is 84.5 Å². The number of carbonyl (C=O) groups is 3. The van der Waals surface area contributed by atoms with E-state index >= 15 is 0 Å². The number of amides is 3. The van der Waals surface area contributed by atoms with Crippen LogP contribution in [0.5, 0.6) is 5.75 Å². The minimum Gasteiger partial charge on any atom is -0.494 e. The quantitative estimate of drug-likeness (QED) is 0.490. The van der Waals surface area contributed by atoms with E-state index in [2.05, 4.69) is 0 Å². The molecule has 1 N–H and O–H groups in total. The molecule has 42 heavy (non-hydrogen) atoms. The molecule has 2 fully saturated rings. The van der Waals surface area contributed by atoms with Crippen molar-refractivity contribution in [3.8, 4) is 5.75 Å². The standard InChI is InChI=1S/C33H37N3O6/c1-3-23(21-37)36-29-32(40)34(20-22-10-6-5-7-11-22)18-9-17-33(29)28(31(36)39)27-26(42-33)12-8-19-35(30(27)38)24-13-15-25(16-14-24)41-4-2/h5-17,23,26-29,37H,3-4,18-21H2,1-2H3/t23-,26+,27-,28-,29?,33-/m0/s1. The second-order valence-electron chi connectivity index (χ2n) is 11.2.